The van der Waals surface area contributed by atoms with Crippen molar-refractivity contribution in [2.45, 2.75) is 32.0 Å². The van der Waals surface area contributed by atoms with Crippen molar-refractivity contribution in [3.05, 3.63) is 88.2 Å². The van der Waals surface area contributed by atoms with Crippen LogP contribution in [0.4, 0.5) is 5.82 Å². The summed E-state index contributed by atoms with van der Waals surface area (Å²) in [4.78, 5) is 25.5. The number of piperidine rings is 1. The summed E-state index contributed by atoms with van der Waals surface area (Å²) in [6.07, 6.45) is 3.41. The highest BCUT2D eigenvalue weighted by Crippen LogP contribution is 2.32. The van der Waals surface area contributed by atoms with Gasteiger partial charge in [0, 0.05) is 32.7 Å². The van der Waals surface area contributed by atoms with Gasteiger partial charge in [-0.05, 0) is 30.5 Å². The molecule has 9 heteroatoms. The zero-order valence-corrected chi connectivity index (χ0v) is 20.7. The van der Waals surface area contributed by atoms with E-state index in [1.54, 1.807) is 4.57 Å². The van der Waals surface area contributed by atoms with Crippen molar-refractivity contribution in [2.75, 3.05) is 18.0 Å². The van der Waals surface area contributed by atoms with E-state index in [2.05, 4.69) is 16.0 Å². The third-order valence-electron chi connectivity index (χ3n) is 7.24. The summed E-state index contributed by atoms with van der Waals surface area (Å²) in [6, 6.07) is 20.2. The van der Waals surface area contributed by atoms with Crippen molar-refractivity contribution in [3.8, 4) is 6.07 Å². The average Bonchev–Trinajstić information content (AvgIpc) is 3.40. The van der Waals surface area contributed by atoms with E-state index in [4.69, 9.17) is 10.7 Å². The van der Waals surface area contributed by atoms with Gasteiger partial charge >= 0.3 is 0 Å². The van der Waals surface area contributed by atoms with E-state index < -0.39 is 0 Å². The number of nitrogens with zero attached hydrogens (tertiary/aromatic N) is 7. The molecule has 1 atom stereocenters. The standard InChI is InChI=1S/C28H28N8O/c1-33-23-12-6-5-11-22(23)32-24(33)17-35-18-31-25-21(14-29)27(34-13-7-10-20(30)16-34)36(26(25)28(35)37)15-19-8-3-2-4-9-19/h2-6,8-9,11-12,18,20H,7,10,13,15-17,30H2,1H3/t20-/m0/s1. The molecule has 3 aromatic heterocycles. The number of aryl methyl sites for hydroxylation is 1. The molecule has 2 aromatic carbocycles. The first-order chi connectivity index (χ1) is 18.0. The van der Waals surface area contributed by atoms with Gasteiger partial charge in [0.15, 0.2) is 0 Å². The number of imidazole rings is 1. The predicted molar refractivity (Wildman–Crippen MR) is 143 cm³/mol. The Morgan fingerprint density at radius 1 is 1.11 bits per heavy atom. The van der Waals surface area contributed by atoms with E-state index in [9.17, 15) is 10.1 Å². The molecular weight excluding hydrogens is 464 g/mol. The largest absolute Gasteiger partial charge is 0.355 e. The maximum atomic E-state index is 14.0. The van der Waals surface area contributed by atoms with Gasteiger partial charge in [-0.25, -0.2) is 9.97 Å². The lowest BCUT2D eigenvalue weighted by Gasteiger charge is -2.33. The second-order valence-electron chi connectivity index (χ2n) is 9.68. The maximum absolute atomic E-state index is 14.0. The maximum Gasteiger partial charge on any atom is 0.278 e. The van der Waals surface area contributed by atoms with Crippen LogP contribution in [0.5, 0.6) is 0 Å². The zero-order valence-electron chi connectivity index (χ0n) is 20.7. The van der Waals surface area contributed by atoms with E-state index >= 15 is 0 Å². The van der Waals surface area contributed by atoms with Gasteiger partial charge in [-0.3, -0.25) is 9.36 Å². The van der Waals surface area contributed by atoms with Crippen molar-refractivity contribution in [3.63, 3.8) is 0 Å². The molecular formula is C28H28N8O. The van der Waals surface area contributed by atoms with Gasteiger partial charge in [0.05, 0.1) is 23.9 Å². The number of aromatic nitrogens is 5. The molecule has 0 bridgehead atoms. The Balaban J connectivity index is 1.54. The highest BCUT2D eigenvalue weighted by Gasteiger charge is 2.28. The molecule has 0 saturated carbocycles. The molecule has 1 aliphatic rings. The number of benzene rings is 2. The van der Waals surface area contributed by atoms with Crippen LogP contribution in [0.2, 0.25) is 0 Å². The minimum Gasteiger partial charge on any atom is -0.355 e. The van der Waals surface area contributed by atoms with Crippen LogP contribution in [0.25, 0.3) is 22.1 Å². The number of nitrogens with two attached hydrogens (primary N) is 1. The summed E-state index contributed by atoms with van der Waals surface area (Å²) in [5.74, 6) is 1.48. The molecule has 37 heavy (non-hydrogen) atoms. The minimum absolute atomic E-state index is 0.0191. The van der Waals surface area contributed by atoms with Crippen LogP contribution in [-0.2, 0) is 20.1 Å². The van der Waals surface area contributed by atoms with Crippen LogP contribution >= 0.6 is 0 Å². The van der Waals surface area contributed by atoms with E-state index in [1.165, 1.54) is 6.33 Å². The SMILES string of the molecule is Cn1c(Cn2cnc3c(C#N)c(N4CCC[C@H](N)C4)n(Cc4ccccc4)c3c2=O)nc2ccccc21. The van der Waals surface area contributed by atoms with E-state index in [-0.39, 0.29) is 18.1 Å². The quantitative estimate of drug-likeness (QED) is 0.404. The molecule has 0 aliphatic carbocycles. The molecule has 0 unspecified atom stereocenters. The highest BCUT2D eigenvalue weighted by atomic mass is 16.1. The lowest BCUT2D eigenvalue weighted by Crippen LogP contribution is -2.44. The monoisotopic (exact) mass is 492 g/mol. The predicted octanol–water partition coefficient (Wildman–Crippen LogP) is 2.98. The molecule has 1 fully saturated rings. The Hall–Kier alpha value is -4.42. The average molecular weight is 493 g/mol. The van der Waals surface area contributed by atoms with Crippen molar-refractivity contribution in [1.82, 2.24) is 23.7 Å². The van der Waals surface area contributed by atoms with Crippen LogP contribution in [0.1, 0.15) is 29.8 Å². The van der Waals surface area contributed by atoms with Crippen LogP contribution in [0.15, 0.2) is 65.7 Å². The summed E-state index contributed by atoms with van der Waals surface area (Å²) >= 11 is 0. The van der Waals surface area contributed by atoms with Gasteiger partial charge in [-0.2, -0.15) is 5.26 Å². The Labute approximate surface area is 214 Å². The third-order valence-corrected chi connectivity index (χ3v) is 7.24. The molecule has 0 radical (unpaired) electrons. The van der Waals surface area contributed by atoms with Crippen molar-refractivity contribution >= 4 is 27.9 Å². The van der Waals surface area contributed by atoms with Crippen LogP contribution in [0.3, 0.4) is 0 Å². The van der Waals surface area contributed by atoms with Crippen molar-refractivity contribution in [1.29, 1.82) is 5.26 Å². The van der Waals surface area contributed by atoms with Gasteiger partial charge in [-0.1, -0.05) is 42.5 Å². The van der Waals surface area contributed by atoms with Gasteiger partial charge in [-0.15, -0.1) is 0 Å². The first-order valence-corrected chi connectivity index (χ1v) is 12.5. The molecule has 6 rings (SSSR count). The fourth-order valence-electron chi connectivity index (χ4n) is 5.41. The normalized spacial score (nSPS) is 15.9. The summed E-state index contributed by atoms with van der Waals surface area (Å²) < 4.78 is 5.54. The van der Waals surface area contributed by atoms with E-state index in [1.807, 2.05) is 70.8 Å². The topological polar surface area (TPSA) is 111 Å². The van der Waals surface area contributed by atoms with Crippen LogP contribution in [-0.4, -0.2) is 42.8 Å². The molecule has 9 nitrogen and oxygen atoms in total. The van der Waals surface area contributed by atoms with Gasteiger partial charge < -0.3 is 19.8 Å². The first-order valence-electron chi connectivity index (χ1n) is 12.5. The Morgan fingerprint density at radius 2 is 1.89 bits per heavy atom. The summed E-state index contributed by atoms with van der Waals surface area (Å²) in [5.41, 5.74) is 10.3. The fraction of sp³-hybridized carbons (Fsp3) is 0.286. The molecule has 0 amide bonds. The number of nitriles is 1. The molecule has 1 aliphatic heterocycles. The Bertz CT molecular complexity index is 1710. The number of anilines is 1. The minimum atomic E-state index is -0.197. The zero-order chi connectivity index (χ0) is 25.5. The smallest absolute Gasteiger partial charge is 0.278 e. The lowest BCUT2D eigenvalue weighted by atomic mass is 10.1. The number of hydrogen-bond acceptors (Lipinski definition) is 6. The molecule has 186 valence electrons. The van der Waals surface area contributed by atoms with E-state index in [0.29, 0.717) is 29.7 Å². The molecule has 5 aromatic rings. The molecule has 4 heterocycles. The number of hydrogen-bond donors (Lipinski definition) is 1. The Morgan fingerprint density at radius 3 is 2.65 bits per heavy atom. The van der Waals surface area contributed by atoms with Gasteiger partial charge in [0.25, 0.3) is 5.56 Å². The Kier molecular flexibility index (Phi) is 5.74. The van der Waals surface area contributed by atoms with E-state index in [0.717, 1.165) is 47.6 Å². The first kappa shape index (κ1) is 23.0. The van der Waals surface area contributed by atoms with Crippen LogP contribution < -0.4 is 16.2 Å². The lowest BCUT2D eigenvalue weighted by molar-refractivity contribution is 0.498. The number of fused-ring (bicyclic) bond motifs is 2. The molecule has 0 spiro atoms. The summed E-state index contributed by atoms with van der Waals surface area (Å²) in [5, 5.41) is 10.2. The molecule has 2 N–H and O–H groups in total. The second kappa shape index (κ2) is 9.22. The second-order valence-corrected chi connectivity index (χ2v) is 9.68. The fourth-order valence-corrected chi connectivity index (χ4v) is 5.41. The summed E-state index contributed by atoms with van der Waals surface area (Å²) in [6.45, 7) is 2.14. The van der Waals surface area contributed by atoms with Crippen molar-refractivity contribution in [2.24, 2.45) is 12.8 Å². The molecule has 1 saturated heterocycles. The van der Waals surface area contributed by atoms with Gasteiger partial charge in [0.1, 0.15) is 34.3 Å². The third kappa shape index (κ3) is 3.96. The number of para-hydroxylation sites is 2. The highest BCUT2D eigenvalue weighted by molar-refractivity contribution is 5.89. The summed E-state index contributed by atoms with van der Waals surface area (Å²) in [7, 11) is 1.95. The van der Waals surface area contributed by atoms with Gasteiger partial charge in [0.2, 0.25) is 0 Å². The number of rotatable bonds is 5. The van der Waals surface area contributed by atoms with Crippen molar-refractivity contribution < 1.29 is 0 Å². The van der Waals surface area contributed by atoms with Crippen LogP contribution in [0, 0.1) is 11.3 Å².